The third kappa shape index (κ3) is 2.01. The molecular weight excluding hydrogens is 218 g/mol. The average molecular weight is 235 g/mol. The van der Waals surface area contributed by atoms with Gasteiger partial charge in [-0.15, -0.1) is 0 Å². The van der Waals surface area contributed by atoms with Crippen molar-refractivity contribution in [2.45, 2.75) is 44.3 Å². The Labute approximate surface area is 99.6 Å². The maximum absolute atomic E-state index is 11.9. The van der Waals surface area contributed by atoms with Crippen molar-refractivity contribution in [3.05, 3.63) is 22.9 Å². The molecular formula is C12H17N3O2. The topological polar surface area (TPSA) is 47.2 Å². The van der Waals surface area contributed by atoms with Crippen LogP contribution in [0.5, 0.6) is 0 Å². The Bertz CT molecular complexity index is 494. The third-order valence-corrected chi connectivity index (χ3v) is 3.61. The lowest BCUT2D eigenvalue weighted by molar-refractivity contribution is -0.131. The fourth-order valence-corrected chi connectivity index (χ4v) is 2.10. The molecule has 0 spiro atoms. The van der Waals surface area contributed by atoms with Gasteiger partial charge in [-0.05, 0) is 25.7 Å². The van der Waals surface area contributed by atoms with Crippen LogP contribution >= 0.6 is 0 Å². The summed E-state index contributed by atoms with van der Waals surface area (Å²) >= 11 is 0. The Hall–Kier alpha value is -1.52. The van der Waals surface area contributed by atoms with E-state index >= 15 is 0 Å². The molecule has 1 amide bonds. The number of aromatic nitrogens is 2. The number of hydrogen-bond acceptors (Lipinski definition) is 2. The smallest absolute Gasteiger partial charge is 0.328 e. The SMILES string of the molecule is CN(C(=O)Cn1ccn(C2CC2)c1=O)C1CC1. The second-order valence-corrected chi connectivity index (χ2v) is 5.08. The molecule has 0 aliphatic heterocycles. The van der Waals surface area contributed by atoms with Crippen LogP contribution in [0.1, 0.15) is 31.7 Å². The van der Waals surface area contributed by atoms with Gasteiger partial charge in [0.25, 0.3) is 0 Å². The Morgan fingerprint density at radius 1 is 1.35 bits per heavy atom. The molecule has 3 rings (SSSR count). The highest BCUT2D eigenvalue weighted by molar-refractivity contribution is 5.76. The van der Waals surface area contributed by atoms with E-state index in [0.29, 0.717) is 12.1 Å². The molecule has 0 saturated heterocycles. The molecule has 0 radical (unpaired) electrons. The molecule has 0 aromatic carbocycles. The molecule has 5 nitrogen and oxygen atoms in total. The van der Waals surface area contributed by atoms with Crippen LogP contribution in [0.3, 0.4) is 0 Å². The van der Waals surface area contributed by atoms with E-state index < -0.39 is 0 Å². The van der Waals surface area contributed by atoms with Crippen molar-refractivity contribution < 1.29 is 4.79 Å². The monoisotopic (exact) mass is 235 g/mol. The van der Waals surface area contributed by atoms with Gasteiger partial charge >= 0.3 is 5.69 Å². The molecule has 0 bridgehead atoms. The molecule has 2 aliphatic rings. The standard InChI is InChI=1S/C12H17N3O2/c1-13(9-2-3-9)11(16)8-14-6-7-15(12(14)17)10-4-5-10/h6-7,9-10H,2-5,8H2,1H3. The van der Waals surface area contributed by atoms with E-state index in [1.165, 1.54) is 4.57 Å². The van der Waals surface area contributed by atoms with Gasteiger partial charge in [0.05, 0.1) is 0 Å². The van der Waals surface area contributed by atoms with Crippen molar-refractivity contribution in [3.8, 4) is 0 Å². The number of carbonyl (C=O) groups excluding carboxylic acids is 1. The average Bonchev–Trinajstić information content (AvgIpc) is 3.19. The predicted octanol–water partition coefficient (Wildman–Crippen LogP) is 0.605. The first-order valence-electron chi connectivity index (χ1n) is 6.20. The van der Waals surface area contributed by atoms with E-state index in [1.54, 1.807) is 21.9 Å². The number of nitrogens with zero attached hydrogens (tertiary/aromatic N) is 3. The number of carbonyl (C=O) groups is 1. The summed E-state index contributed by atoms with van der Waals surface area (Å²) in [5.74, 6) is 0.0307. The van der Waals surface area contributed by atoms with Crippen LogP contribution in [0.25, 0.3) is 0 Å². The second-order valence-electron chi connectivity index (χ2n) is 5.08. The Kier molecular flexibility index (Phi) is 2.34. The molecule has 1 aromatic heterocycles. The molecule has 2 fully saturated rings. The molecule has 17 heavy (non-hydrogen) atoms. The first-order chi connectivity index (χ1) is 8.16. The number of likely N-dealkylation sites (N-methyl/N-ethyl adjacent to an activating group) is 1. The number of hydrogen-bond donors (Lipinski definition) is 0. The summed E-state index contributed by atoms with van der Waals surface area (Å²) in [7, 11) is 1.82. The van der Waals surface area contributed by atoms with Crippen LogP contribution in [0, 0.1) is 0 Å². The van der Waals surface area contributed by atoms with Gasteiger partial charge in [0.1, 0.15) is 6.54 Å². The lowest BCUT2D eigenvalue weighted by Gasteiger charge is -2.15. The van der Waals surface area contributed by atoms with E-state index in [2.05, 4.69) is 0 Å². The van der Waals surface area contributed by atoms with Crippen LogP contribution in [-0.2, 0) is 11.3 Å². The molecule has 1 heterocycles. The predicted molar refractivity (Wildman–Crippen MR) is 62.8 cm³/mol. The lowest BCUT2D eigenvalue weighted by Crippen LogP contribution is -2.35. The largest absolute Gasteiger partial charge is 0.341 e. The van der Waals surface area contributed by atoms with Crippen molar-refractivity contribution in [1.82, 2.24) is 14.0 Å². The quantitative estimate of drug-likeness (QED) is 0.767. The van der Waals surface area contributed by atoms with E-state index in [1.807, 2.05) is 7.05 Å². The Balaban J connectivity index is 1.71. The van der Waals surface area contributed by atoms with Crippen molar-refractivity contribution >= 4 is 5.91 Å². The minimum absolute atomic E-state index is 0.0307. The zero-order valence-electron chi connectivity index (χ0n) is 10.0. The summed E-state index contributed by atoms with van der Waals surface area (Å²) in [5.41, 5.74) is -0.0509. The molecule has 92 valence electrons. The molecule has 1 aromatic rings. The minimum atomic E-state index is -0.0509. The fourth-order valence-electron chi connectivity index (χ4n) is 2.10. The summed E-state index contributed by atoms with van der Waals surface area (Å²) in [4.78, 5) is 25.6. The summed E-state index contributed by atoms with van der Waals surface area (Å²) < 4.78 is 3.25. The lowest BCUT2D eigenvalue weighted by atomic mass is 10.5. The summed E-state index contributed by atoms with van der Waals surface area (Å²) in [5, 5.41) is 0. The molecule has 2 aliphatic carbocycles. The van der Waals surface area contributed by atoms with Crippen molar-refractivity contribution in [2.75, 3.05) is 7.05 Å². The van der Waals surface area contributed by atoms with Crippen LogP contribution in [-0.4, -0.2) is 33.0 Å². The van der Waals surface area contributed by atoms with Crippen molar-refractivity contribution in [1.29, 1.82) is 0 Å². The molecule has 0 N–H and O–H groups in total. The fraction of sp³-hybridized carbons (Fsp3) is 0.667. The first kappa shape index (κ1) is 10.6. The van der Waals surface area contributed by atoms with Gasteiger partial charge in [-0.1, -0.05) is 0 Å². The zero-order chi connectivity index (χ0) is 12.0. The summed E-state index contributed by atoms with van der Waals surface area (Å²) in [6.07, 6.45) is 7.88. The highest BCUT2D eigenvalue weighted by Gasteiger charge is 2.30. The minimum Gasteiger partial charge on any atom is -0.341 e. The normalized spacial score (nSPS) is 19.4. The van der Waals surface area contributed by atoms with Gasteiger partial charge in [-0.3, -0.25) is 13.9 Å². The Morgan fingerprint density at radius 2 is 2.06 bits per heavy atom. The van der Waals surface area contributed by atoms with Gasteiger partial charge in [-0.2, -0.15) is 0 Å². The van der Waals surface area contributed by atoms with Crippen LogP contribution in [0.2, 0.25) is 0 Å². The van der Waals surface area contributed by atoms with Gasteiger partial charge in [0.2, 0.25) is 5.91 Å². The van der Waals surface area contributed by atoms with Crippen LogP contribution in [0.15, 0.2) is 17.2 Å². The first-order valence-corrected chi connectivity index (χ1v) is 6.20. The van der Waals surface area contributed by atoms with E-state index in [-0.39, 0.29) is 18.1 Å². The maximum Gasteiger partial charge on any atom is 0.328 e. The second kappa shape index (κ2) is 3.75. The van der Waals surface area contributed by atoms with Gasteiger partial charge < -0.3 is 4.90 Å². The highest BCUT2D eigenvalue weighted by Crippen LogP contribution is 2.33. The number of imidazole rings is 1. The highest BCUT2D eigenvalue weighted by atomic mass is 16.2. The molecule has 5 heteroatoms. The van der Waals surface area contributed by atoms with E-state index in [4.69, 9.17) is 0 Å². The number of amides is 1. The molecule has 0 atom stereocenters. The van der Waals surface area contributed by atoms with Gasteiger partial charge in [0.15, 0.2) is 0 Å². The van der Waals surface area contributed by atoms with Crippen LogP contribution < -0.4 is 5.69 Å². The molecule has 2 saturated carbocycles. The van der Waals surface area contributed by atoms with Gasteiger partial charge in [0, 0.05) is 31.5 Å². The van der Waals surface area contributed by atoms with Gasteiger partial charge in [-0.25, -0.2) is 4.79 Å². The summed E-state index contributed by atoms with van der Waals surface area (Å²) in [6, 6.07) is 0.781. The van der Waals surface area contributed by atoms with Crippen molar-refractivity contribution in [2.24, 2.45) is 0 Å². The van der Waals surface area contributed by atoms with E-state index in [9.17, 15) is 9.59 Å². The van der Waals surface area contributed by atoms with E-state index in [0.717, 1.165) is 25.7 Å². The Morgan fingerprint density at radius 3 is 2.65 bits per heavy atom. The van der Waals surface area contributed by atoms with Crippen molar-refractivity contribution in [3.63, 3.8) is 0 Å². The third-order valence-electron chi connectivity index (χ3n) is 3.61. The molecule has 0 unspecified atom stereocenters. The van der Waals surface area contributed by atoms with Crippen LogP contribution in [0.4, 0.5) is 0 Å². The summed E-state index contributed by atoms with van der Waals surface area (Å²) in [6.45, 7) is 0.172. The maximum atomic E-state index is 11.9. The zero-order valence-corrected chi connectivity index (χ0v) is 10.0. The number of rotatable bonds is 4.